The smallest absolute Gasteiger partial charge is 0.369 e. The Balaban J connectivity index is 1.32. The minimum atomic E-state index is -4.45. The second kappa shape index (κ2) is 10.3. The Morgan fingerprint density at radius 1 is 0.871 bits per heavy atom. The predicted octanol–water partition coefficient (Wildman–Crippen LogP) is 2.97. The number of anilines is 2. The zero-order valence-electron chi connectivity index (χ0n) is 17.0. The average Bonchev–Trinajstić information content (AvgIpc) is 2.77. The molecule has 2 N–H and O–H groups in total. The van der Waals surface area contributed by atoms with Crippen LogP contribution in [0.4, 0.5) is 24.5 Å². The molecule has 1 heterocycles. The van der Waals surface area contributed by atoms with Gasteiger partial charge >= 0.3 is 18.0 Å². The summed E-state index contributed by atoms with van der Waals surface area (Å²) in [4.78, 5) is 28.5. The van der Waals surface area contributed by atoms with Crippen LogP contribution < -0.4 is 15.5 Å². The van der Waals surface area contributed by atoms with Gasteiger partial charge in [-0.15, -0.1) is 0 Å². The number of para-hydroxylation sites is 1. The monoisotopic (exact) mass is 434 g/mol. The second-order valence-electron chi connectivity index (χ2n) is 7.30. The number of amides is 2. The molecule has 0 bridgehead atoms. The molecule has 1 aliphatic heterocycles. The summed E-state index contributed by atoms with van der Waals surface area (Å²) in [7, 11) is 0. The fourth-order valence-electron chi connectivity index (χ4n) is 3.38. The molecule has 2 amide bonds. The summed E-state index contributed by atoms with van der Waals surface area (Å²) in [5.74, 6) is -1.72. The van der Waals surface area contributed by atoms with Gasteiger partial charge in [0, 0.05) is 44.1 Å². The number of nitrogens with one attached hydrogen (secondary N) is 2. The second-order valence-corrected chi connectivity index (χ2v) is 7.30. The Bertz CT molecular complexity index is 865. The Hall–Kier alpha value is -3.07. The minimum Gasteiger partial charge on any atom is -0.369 e. The van der Waals surface area contributed by atoms with Crippen molar-refractivity contribution in [2.75, 3.05) is 49.5 Å². The van der Waals surface area contributed by atoms with Crippen LogP contribution in [0, 0.1) is 0 Å². The van der Waals surface area contributed by atoms with Crippen molar-refractivity contribution in [3.63, 3.8) is 0 Å². The summed E-state index contributed by atoms with van der Waals surface area (Å²) in [6.07, 6.45) is -3.75. The number of carbonyl (C=O) groups is 2. The van der Waals surface area contributed by atoms with Crippen molar-refractivity contribution < 1.29 is 22.8 Å². The number of benzene rings is 2. The van der Waals surface area contributed by atoms with Crippen molar-refractivity contribution in [3.05, 3.63) is 60.2 Å². The summed E-state index contributed by atoms with van der Waals surface area (Å²) in [6.45, 7) is 4.88. The van der Waals surface area contributed by atoms with Crippen LogP contribution in [0.1, 0.15) is 12.0 Å². The normalized spacial score (nSPS) is 14.9. The zero-order chi connectivity index (χ0) is 22.3. The number of nitrogens with zero attached hydrogens (tertiary/aromatic N) is 2. The third kappa shape index (κ3) is 6.71. The predicted molar refractivity (Wildman–Crippen MR) is 113 cm³/mol. The molecule has 31 heavy (non-hydrogen) atoms. The summed E-state index contributed by atoms with van der Waals surface area (Å²) >= 11 is 0. The van der Waals surface area contributed by atoms with Crippen LogP contribution in [-0.2, 0) is 15.8 Å². The largest absolute Gasteiger partial charge is 0.416 e. The molecule has 0 aromatic heterocycles. The Labute approximate surface area is 179 Å². The highest BCUT2D eigenvalue weighted by molar-refractivity contribution is 6.39. The molecule has 166 valence electrons. The molecule has 0 unspecified atom stereocenters. The first-order chi connectivity index (χ1) is 14.8. The van der Waals surface area contributed by atoms with Gasteiger partial charge in [-0.25, -0.2) is 0 Å². The highest BCUT2D eigenvalue weighted by atomic mass is 19.4. The Morgan fingerprint density at radius 3 is 2.13 bits per heavy atom. The number of halogens is 3. The summed E-state index contributed by atoms with van der Waals surface area (Å²) < 4.78 is 37.7. The summed E-state index contributed by atoms with van der Waals surface area (Å²) in [5.41, 5.74) is 0.525. The van der Waals surface area contributed by atoms with E-state index in [1.54, 1.807) is 0 Å². The van der Waals surface area contributed by atoms with Gasteiger partial charge in [-0.3, -0.25) is 14.5 Å². The molecule has 3 rings (SSSR count). The summed E-state index contributed by atoms with van der Waals surface area (Å²) in [6, 6.07) is 14.2. The van der Waals surface area contributed by atoms with Gasteiger partial charge in [0.2, 0.25) is 0 Å². The van der Waals surface area contributed by atoms with Crippen molar-refractivity contribution in [2.24, 2.45) is 0 Å². The van der Waals surface area contributed by atoms with Crippen LogP contribution in [0.3, 0.4) is 0 Å². The molecule has 1 aliphatic rings. The molecule has 0 atom stereocenters. The number of piperazine rings is 1. The molecular weight excluding hydrogens is 409 g/mol. The maximum Gasteiger partial charge on any atom is 0.416 e. The SMILES string of the molecule is O=C(NCCCN1CCN(c2ccccc2)CC1)C(=O)Nc1ccc(C(F)(F)F)cc1. The topological polar surface area (TPSA) is 64.7 Å². The molecule has 1 saturated heterocycles. The van der Waals surface area contributed by atoms with Crippen LogP contribution >= 0.6 is 0 Å². The molecule has 2 aromatic carbocycles. The van der Waals surface area contributed by atoms with Crippen LogP contribution in [0.25, 0.3) is 0 Å². The first-order valence-electron chi connectivity index (χ1n) is 10.1. The molecule has 6 nitrogen and oxygen atoms in total. The zero-order valence-corrected chi connectivity index (χ0v) is 17.0. The van der Waals surface area contributed by atoms with Crippen LogP contribution in [0.2, 0.25) is 0 Å². The number of rotatable bonds is 6. The molecule has 0 radical (unpaired) electrons. The summed E-state index contributed by atoms with van der Waals surface area (Å²) in [5, 5.41) is 4.84. The van der Waals surface area contributed by atoms with Crippen molar-refractivity contribution in [2.45, 2.75) is 12.6 Å². The molecule has 0 saturated carbocycles. The molecule has 1 fully saturated rings. The number of hydrogen-bond donors (Lipinski definition) is 2. The van der Waals surface area contributed by atoms with Crippen LogP contribution in [0.15, 0.2) is 54.6 Å². The van der Waals surface area contributed by atoms with Crippen molar-refractivity contribution in [1.29, 1.82) is 0 Å². The van der Waals surface area contributed by atoms with E-state index in [0.717, 1.165) is 57.0 Å². The molecular formula is C22H25F3N4O2. The Kier molecular flexibility index (Phi) is 7.51. The van der Waals surface area contributed by atoms with E-state index in [9.17, 15) is 22.8 Å². The standard InChI is InChI=1S/C22H25F3N4O2/c23-22(24,25)17-7-9-18(10-8-17)27-21(31)20(30)26-11-4-12-28-13-15-29(16-14-28)19-5-2-1-3-6-19/h1-3,5-10H,4,11-16H2,(H,26,30)(H,27,31). The lowest BCUT2D eigenvalue weighted by molar-refractivity contribution is -0.137. The van der Waals surface area contributed by atoms with E-state index < -0.39 is 23.6 Å². The molecule has 0 spiro atoms. The van der Waals surface area contributed by atoms with Gasteiger partial charge in [-0.2, -0.15) is 13.2 Å². The molecule has 9 heteroatoms. The number of hydrogen-bond acceptors (Lipinski definition) is 4. The van der Waals surface area contributed by atoms with Crippen LogP contribution in [-0.4, -0.2) is 56.0 Å². The van der Waals surface area contributed by atoms with Crippen LogP contribution in [0.5, 0.6) is 0 Å². The Morgan fingerprint density at radius 2 is 1.52 bits per heavy atom. The maximum atomic E-state index is 12.6. The minimum absolute atomic E-state index is 0.129. The number of alkyl halides is 3. The third-order valence-corrected chi connectivity index (χ3v) is 5.11. The van der Waals surface area contributed by atoms with E-state index in [1.165, 1.54) is 5.69 Å². The third-order valence-electron chi connectivity index (χ3n) is 5.11. The highest BCUT2D eigenvalue weighted by Crippen LogP contribution is 2.29. The van der Waals surface area contributed by atoms with E-state index in [0.29, 0.717) is 13.0 Å². The van der Waals surface area contributed by atoms with E-state index in [-0.39, 0.29) is 5.69 Å². The van der Waals surface area contributed by atoms with E-state index in [1.807, 2.05) is 18.2 Å². The van der Waals surface area contributed by atoms with Gasteiger partial charge in [0.25, 0.3) is 0 Å². The highest BCUT2D eigenvalue weighted by Gasteiger charge is 2.30. The fourth-order valence-corrected chi connectivity index (χ4v) is 3.38. The quantitative estimate of drug-likeness (QED) is 0.542. The first kappa shape index (κ1) is 22.6. The van der Waals surface area contributed by atoms with Gasteiger partial charge in [-0.1, -0.05) is 18.2 Å². The van der Waals surface area contributed by atoms with Crippen molar-refractivity contribution in [3.8, 4) is 0 Å². The van der Waals surface area contributed by atoms with E-state index >= 15 is 0 Å². The van der Waals surface area contributed by atoms with Gasteiger partial charge in [0.15, 0.2) is 0 Å². The lowest BCUT2D eigenvalue weighted by atomic mass is 10.2. The number of carbonyl (C=O) groups excluding carboxylic acids is 2. The first-order valence-corrected chi connectivity index (χ1v) is 10.1. The fraction of sp³-hybridized carbons (Fsp3) is 0.364. The van der Waals surface area contributed by atoms with Gasteiger partial charge < -0.3 is 15.5 Å². The van der Waals surface area contributed by atoms with Gasteiger partial charge in [-0.05, 0) is 49.4 Å². The lowest BCUT2D eigenvalue weighted by Gasteiger charge is -2.36. The molecule has 0 aliphatic carbocycles. The van der Waals surface area contributed by atoms with Crippen molar-refractivity contribution in [1.82, 2.24) is 10.2 Å². The van der Waals surface area contributed by atoms with E-state index in [2.05, 4.69) is 32.6 Å². The molecule has 2 aromatic rings. The van der Waals surface area contributed by atoms with Crippen molar-refractivity contribution >= 4 is 23.2 Å². The average molecular weight is 434 g/mol. The van der Waals surface area contributed by atoms with Gasteiger partial charge in [0.1, 0.15) is 0 Å². The van der Waals surface area contributed by atoms with Gasteiger partial charge in [0.05, 0.1) is 5.56 Å². The van der Waals surface area contributed by atoms with E-state index in [4.69, 9.17) is 0 Å². The lowest BCUT2D eigenvalue weighted by Crippen LogP contribution is -2.47. The maximum absolute atomic E-state index is 12.6.